The summed E-state index contributed by atoms with van der Waals surface area (Å²) in [6, 6.07) is 12.4. The van der Waals surface area contributed by atoms with E-state index in [9.17, 15) is 8.42 Å². The molecule has 2 aromatic rings. The Bertz CT molecular complexity index is 718. The molecule has 0 radical (unpaired) electrons. The number of sulfone groups is 1. The van der Waals surface area contributed by atoms with E-state index in [2.05, 4.69) is 5.32 Å². The summed E-state index contributed by atoms with van der Waals surface area (Å²) in [4.78, 5) is 0.728. The third-order valence-electron chi connectivity index (χ3n) is 3.43. The number of hydrogen-bond acceptors (Lipinski definition) is 3. The maximum Gasteiger partial charge on any atom is 0.208 e. The van der Waals surface area contributed by atoms with E-state index in [-0.39, 0.29) is 0 Å². The van der Waals surface area contributed by atoms with Gasteiger partial charge in [0.05, 0.1) is 15.5 Å². The predicted molar refractivity (Wildman–Crippen MR) is 75.3 cm³/mol. The molecule has 0 saturated heterocycles. The van der Waals surface area contributed by atoms with Gasteiger partial charge in [-0.25, -0.2) is 8.42 Å². The topological polar surface area (TPSA) is 46.2 Å². The Kier molecular flexibility index (Phi) is 2.82. The fourth-order valence-corrected chi connectivity index (χ4v) is 3.85. The summed E-state index contributed by atoms with van der Waals surface area (Å²) < 4.78 is 25.3. The lowest BCUT2D eigenvalue weighted by Crippen LogP contribution is -2.05. The van der Waals surface area contributed by atoms with E-state index < -0.39 is 9.84 Å². The van der Waals surface area contributed by atoms with Crippen molar-refractivity contribution in [2.24, 2.45) is 0 Å². The third kappa shape index (κ3) is 2.02. The molecule has 1 heterocycles. The van der Waals surface area contributed by atoms with Gasteiger partial charge in [0, 0.05) is 6.54 Å². The molecule has 1 aliphatic heterocycles. The molecule has 1 N–H and O–H groups in total. The molecule has 0 unspecified atom stereocenters. The Labute approximate surface area is 113 Å². The zero-order chi connectivity index (χ0) is 13.5. The van der Waals surface area contributed by atoms with Gasteiger partial charge in [-0.05, 0) is 37.1 Å². The Morgan fingerprint density at radius 1 is 1.05 bits per heavy atom. The lowest BCUT2D eigenvalue weighted by molar-refractivity contribution is 0.596. The summed E-state index contributed by atoms with van der Waals surface area (Å²) in [6.07, 6.45) is 0.882. The van der Waals surface area contributed by atoms with Crippen molar-refractivity contribution in [3.63, 3.8) is 0 Å². The lowest BCUT2D eigenvalue weighted by atomic mass is 10.2. The van der Waals surface area contributed by atoms with Crippen molar-refractivity contribution >= 4 is 15.5 Å². The van der Waals surface area contributed by atoms with Crippen molar-refractivity contribution in [1.29, 1.82) is 0 Å². The minimum absolute atomic E-state index is 0.347. The van der Waals surface area contributed by atoms with Crippen molar-refractivity contribution in [3.8, 4) is 0 Å². The summed E-state index contributed by atoms with van der Waals surface area (Å²) in [5.74, 6) is 0. The highest BCUT2D eigenvalue weighted by atomic mass is 32.2. The molecule has 0 fully saturated rings. The van der Waals surface area contributed by atoms with Gasteiger partial charge in [-0.1, -0.05) is 29.8 Å². The molecule has 0 bridgehead atoms. The van der Waals surface area contributed by atoms with Crippen LogP contribution in [-0.2, 0) is 16.3 Å². The van der Waals surface area contributed by atoms with E-state index in [4.69, 9.17) is 0 Å². The molecule has 98 valence electrons. The molecule has 3 rings (SSSR count). The smallest absolute Gasteiger partial charge is 0.208 e. The lowest BCUT2D eigenvalue weighted by Gasteiger charge is -2.10. The monoisotopic (exact) mass is 273 g/mol. The number of benzene rings is 2. The van der Waals surface area contributed by atoms with Crippen LogP contribution in [0.15, 0.2) is 52.3 Å². The van der Waals surface area contributed by atoms with Crippen LogP contribution in [0.2, 0.25) is 0 Å². The number of hydrogen-bond donors (Lipinski definition) is 1. The first kappa shape index (κ1) is 12.2. The van der Waals surface area contributed by atoms with Crippen LogP contribution < -0.4 is 5.32 Å². The Balaban J connectivity index is 2.16. The van der Waals surface area contributed by atoms with Crippen molar-refractivity contribution in [2.45, 2.75) is 23.1 Å². The fourth-order valence-electron chi connectivity index (χ4n) is 2.38. The van der Waals surface area contributed by atoms with Gasteiger partial charge in [-0.15, -0.1) is 0 Å². The molecule has 0 spiro atoms. The highest BCUT2D eigenvalue weighted by Crippen LogP contribution is 2.33. The van der Waals surface area contributed by atoms with Gasteiger partial charge in [0.15, 0.2) is 0 Å². The quantitative estimate of drug-likeness (QED) is 0.915. The number of fused-ring (bicyclic) bond motifs is 1. The Hall–Kier alpha value is -1.81. The molecule has 0 amide bonds. The second-order valence-electron chi connectivity index (χ2n) is 4.78. The maximum absolute atomic E-state index is 12.7. The number of para-hydroxylation sites is 1. The van der Waals surface area contributed by atoms with Crippen LogP contribution in [0.25, 0.3) is 0 Å². The Morgan fingerprint density at radius 2 is 1.79 bits per heavy atom. The van der Waals surface area contributed by atoms with Gasteiger partial charge in [0.25, 0.3) is 0 Å². The van der Waals surface area contributed by atoms with E-state index in [1.54, 1.807) is 18.2 Å². The highest BCUT2D eigenvalue weighted by Gasteiger charge is 2.24. The van der Waals surface area contributed by atoms with Gasteiger partial charge >= 0.3 is 0 Å². The third-order valence-corrected chi connectivity index (χ3v) is 5.24. The molecule has 0 aromatic heterocycles. The standard InChI is InChI=1S/C15H15NO2S/c1-11-5-7-13(8-6-11)19(17,18)14-4-2-3-12-9-10-16-15(12)14/h2-8,16H,9-10H2,1H3. The zero-order valence-electron chi connectivity index (χ0n) is 10.7. The number of rotatable bonds is 2. The maximum atomic E-state index is 12.7. The van der Waals surface area contributed by atoms with Crippen LogP contribution >= 0.6 is 0 Å². The summed E-state index contributed by atoms with van der Waals surface area (Å²) in [7, 11) is -3.44. The minimum Gasteiger partial charge on any atom is -0.383 e. The summed E-state index contributed by atoms with van der Waals surface area (Å²) in [5, 5.41) is 3.18. The van der Waals surface area contributed by atoms with E-state index in [1.807, 2.05) is 31.2 Å². The molecule has 1 aliphatic rings. The van der Waals surface area contributed by atoms with Crippen LogP contribution in [0.5, 0.6) is 0 Å². The summed E-state index contributed by atoms with van der Waals surface area (Å²) in [6.45, 7) is 2.74. The van der Waals surface area contributed by atoms with E-state index >= 15 is 0 Å². The average molecular weight is 273 g/mol. The molecule has 19 heavy (non-hydrogen) atoms. The molecular formula is C15H15NO2S. The normalized spacial score (nSPS) is 13.9. The second kappa shape index (κ2) is 4.38. The first-order valence-corrected chi connectivity index (χ1v) is 7.75. The summed E-state index contributed by atoms with van der Waals surface area (Å²) in [5.41, 5.74) is 2.90. The highest BCUT2D eigenvalue weighted by molar-refractivity contribution is 7.91. The number of nitrogens with one attached hydrogen (secondary N) is 1. The van der Waals surface area contributed by atoms with E-state index in [0.717, 1.165) is 29.8 Å². The van der Waals surface area contributed by atoms with Crippen molar-refractivity contribution < 1.29 is 8.42 Å². The Morgan fingerprint density at radius 3 is 2.53 bits per heavy atom. The average Bonchev–Trinajstić information content (AvgIpc) is 2.87. The molecule has 3 nitrogen and oxygen atoms in total. The summed E-state index contributed by atoms with van der Waals surface area (Å²) >= 11 is 0. The molecule has 0 aliphatic carbocycles. The molecule has 4 heteroatoms. The SMILES string of the molecule is Cc1ccc(S(=O)(=O)c2cccc3c2NCC3)cc1. The van der Waals surface area contributed by atoms with Gasteiger partial charge < -0.3 is 5.32 Å². The van der Waals surface area contributed by atoms with Crippen molar-refractivity contribution in [2.75, 3.05) is 11.9 Å². The van der Waals surface area contributed by atoms with Crippen LogP contribution in [0, 0.1) is 6.92 Å². The predicted octanol–water partition coefficient (Wildman–Crippen LogP) is 2.80. The molecular weight excluding hydrogens is 258 g/mol. The van der Waals surface area contributed by atoms with Crippen LogP contribution in [0.3, 0.4) is 0 Å². The molecule has 2 aromatic carbocycles. The first-order valence-electron chi connectivity index (χ1n) is 6.26. The van der Waals surface area contributed by atoms with E-state index in [1.165, 1.54) is 0 Å². The van der Waals surface area contributed by atoms with E-state index in [0.29, 0.717) is 9.79 Å². The molecule has 0 saturated carbocycles. The van der Waals surface area contributed by atoms with Crippen LogP contribution in [-0.4, -0.2) is 15.0 Å². The number of anilines is 1. The second-order valence-corrected chi connectivity index (χ2v) is 6.70. The minimum atomic E-state index is -3.44. The van der Waals surface area contributed by atoms with Crippen LogP contribution in [0.4, 0.5) is 5.69 Å². The largest absolute Gasteiger partial charge is 0.383 e. The van der Waals surface area contributed by atoms with Crippen molar-refractivity contribution in [3.05, 3.63) is 53.6 Å². The number of aryl methyl sites for hydroxylation is 1. The zero-order valence-corrected chi connectivity index (χ0v) is 11.5. The van der Waals surface area contributed by atoms with Gasteiger partial charge in [0.1, 0.15) is 0 Å². The van der Waals surface area contributed by atoms with Gasteiger partial charge in [-0.3, -0.25) is 0 Å². The van der Waals surface area contributed by atoms with Gasteiger partial charge in [0.2, 0.25) is 9.84 Å². The fraction of sp³-hybridized carbons (Fsp3) is 0.200. The van der Waals surface area contributed by atoms with Crippen LogP contribution in [0.1, 0.15) is 11.1 Å². The van der Waals surface area contributed by atoms with Gasteiger partial charge in [-0.2, -0.15) is 0 Å². The molecule has 0 atom stereocenters. The first-order chi connectivity index (χ1) is 9.09. The van der Waals surface area contributed by atoms with Crippen molar-refractivity contribution in [1.82, 2.24) is 0 Å².